The summed E-state index contributed by atoms with van der Waals surface area (Å²) in [5.41, 5.74) is 8.81. The molecule has 8 heteroatoms. The summed E-state index contributed by atoms with van der Waals surface area (Å²) in [6, 6.07) is 14.8. The molecular weight excluding hydrogens is 364 g/mol. The lowest BCUT2D eigenvalue weighted by Gasteiger charge is -2.39. The van der Waals surface area contributed by atoms with Gasteiger partial charge in [0.25, 0.3) is 0 Å². The minimum atomic E-state index is -1.51. The highest BCUT2D eigenvalue weighted by Crippen LogP contribution is 2.39. The third kappa shape index (κ3) is 3.21. The standard InChI is InChI=1S/C20H22N2O6/c21-11-7-5-10(6-8-11)15-12-3-1-2-4-13(12)22-19(15)28-20-18(26)17(25)16(24)14(9-23)27-20/h1-8,14,16-18,20,22-26H,9,21H2/t14-,16-,17+,18+,20-/m1/s1. The van der Waals surface area contributed by atoms with Crippen molar-refractivity contribution in [2.75, 3.05) is 12.3 Å². The second-order valence-electron chi connectivity index (χ2n) is 6.81. The maximum Gasteiger partial charge on any atom is 0.230 e. The molecule has 0 unspecified atom stereocenters. The van der Waals surface area contributed by atoms with Crippen LogP contribution in [0.5, 0.6) is 5.88 Å². The normalized spacial score (nSPS) is 27.8. The Hall–Kier alpha value is -2.62. The number of aromatic amines is 1. The molecule has 148 valence electrons. The fourth-order valence-corrected chi connectivity index (χ4v) is 3.42. The Morgan fingerprint density at radius 1 is 0.964 bits per heavy atom. The Kier molecular flexibility index (Phi) is 4.96. The maximum absolute atomic E-state index is 10.3. The first-order chi connectivity index (χ1) is 13.5. The van der Waals surface area contributed by atoms with Gasteiger partial charge < -0.3 is 40.6 Å². The zero-order chi connectivity index (χ0) is 19.8. The number of hydrogen-bond acceptors (Lipinski definition) is 7. The van der Waals surface area contributed by atoms with Gasteiger partial charge in [-0.1, -0.05) is 30.3 Å². The predicted molar refractivity (Wildman–Crippen MR) is 103 cm³/mol. The topological polar surface area (TPSA) is 141 Å². The highest BCUT2D eigenvalue weighted by molar-refractivity contribution is 5.99. The molecule has 1 aliphatic rings. The number of nitrogens with one attached hydrogen (secondary N) is 1. The number of rotatable bonds is 4. The molecule has 8 nitrogen and oxygen atoms in total. The second kappa shape index (κ2) is 7.42. The van der Waals surface area contributed by atoms with E-state index in [4.69, 9.17) is 15.2 Å². The van der Waals surface area contributed by atoms with Gasteiger partial charge in [0.2, 0.25) is 12.2 Å². The summed E-state index contributed by atoms with van der Waals surface area (Å²) in [4.78, 5) is 3.15. The number of ether oxygens (including phenoxy) is 2. The average Bonchev–Trinajstić information content (AvgIpc) is 3.07. The quantitative estimate of drug-likeness (QED) is 0.361. The Morgan fingerprint density at radius 2 is 1.68 bits per heavy atom. The van der Waals surface area contributed by atoms with Crippen LogP contribution in [0.2, 0.25) is 0 Å². The van der Waals surface area contributed by atoms with Crippen molar-refractivity contribution in [2.24, 2.45) is 0 Å². The van der Waals surface area contributed by atoms with E-state index in [-0.39, 0.29) is 0 Å². The smallest absolute Gasteiger partial charge is 0.230 e. The van der Waals surface area contributed by atoms with Crippen molar-refractivity contribution in [3.8, 4) is 17.0 Å². The van der Waals surface area contributed by atoms with E-state index in [2.05, 4.69) is 4.98 Å². The zero-order valence-corrected chi connectivity index (χ0v) is 14.9. The molecule has 1 aromatic heterocycles. The fourth-order valence-electron chi connectivity index (χ4n) is 3.42. The van der Waals surface area contributed by atoms with Crippen LogP contribution >= 0.6 is 0 Å². The zero-order valence-electron chi connectivity index (χ0n) is 14.9. The predicted octanol–water partition coefficient (Wildman–Crippen LogP) is 0.596. The van der Waals surface area contributed by atoms with E-state index >= 15 is 0 Å². The summed E-state index contributed by atoms with van der Waals surface area (Å²) < 4.78 is 11.3. The van der Waals surface area contributed by atoms with Crippen LogP contribution in [0, 0.1) is 0 Å². The van der Waals surface area contributed by atoms with Gasteiger partial charge in [0.05, 0.1) is 12.2 Å². The molecular formula is C20H22N2O6. The lowest BCUT2D eigenvalue weighted by Crippen LogP contribution is -2.60. The third-order valence-electron chi connectivity index (χ3n) is 4.95. The lowest BCUT2D eigenvalue weighted by molar-refractivity contribution is -0.278. The first-order valence-electron chi connectivity index (χ1n) is 8.93. The Balaban J connectivity index is 1.74. The molecule has 1 fully saturated rings. The van der Waals surface area contributed by atoms with Gasteiger partial charge in [-0.25, -0.2) is 0 Å². The minimum absolute atomic E-state index is 0.329. The summed E-state index contributed by atoms with van der Waals surface area (Å²) in [7, 11) is 0. The molecule has 0 bridgehead atoms. The van der Waals surface area contributed by atoms with Crippen molar-refractivity contribution in [1.29, 1.82) is 0 Å². The van der Waals surface area contributed by atoms with Gasteiger partial charge in [-0.3, -0.25) is 0 Å². The number of anilines is 1. The van der Waals surface area contributed by atoms with Gasteiger partial charge in [0.1, 0.15) is 24.4 Å². The largest absolute Gasteiger partial charge is 0.446 e. The van der Waals surface area contributed by atoms with E-state index in [0.29, 0.717) is 11.6 Å². The van der Waals surface area contributed by atoms with Gasteiger partial charge in [-0.05, 0) is 23.8 Å². The summed E-state index contributed by atoms with van der Waals surface area (Å²) in [6.45, 7) is -0.525. The van der Waals surface area contributed by atoms with Gasteiger partial charge in [0.15, 0.2) is 0 Å². The molecule has 0 amide bonds. The van der Waals surface area contributed by atoms with Crippen LogP contribution in [0.4, 0.5) is 5.69 Å². The monoisotopic (exact) mass is 386 g/mol. The molecule has 28 heavy (non-hydrogen) atoms. The van der Waals surface area contributed by atoms with Gasteiger partial charge in [-0.15, -0.1) is 0 Å². The van der Waals surface area contributed by atoms with Crippen LogP contribution in [0.25, 0.3) is 22.0 Å². The molecule has 0 spiro atoms. The van der Waals surface area contributed by atoms with E-state index in [9.17, 15) is 20.4 Å². The van der Waals surface area contributed by atoms with Crippen LogP contribution in [-0.4, -0.2) is 62.7 Å². The molecule has 4 rings (SSSR count). The van der Waals surface area contributed by atoms with Crippen LogP contribution in [-0.2, 0) is 4.74 Å². The van der Waals surface area contributed by atoms with E-state index in [1.165, 1.54) is 0 Å². The first kappa shape index (κ1) is 18.7. The van der Waals surface area contributed by atoms with Crippen molar-refractivity contribution in [1.82, 2.24) is 4.98 Å². The lowest BCUT2D eigenvalue weighted by atomic mass is 9.99. The van der Waals surface area contributed by atoms with Crippen molar-refractivity contribution < 1.29 is 29.9 Å². The molecule has 1 aliphatic heterocycles. The Bertz CT molecular complexity index is 955. The van der Waals surface area contributed by atoms with Gasteiger partial charge >= 0.3 is 0 Å². The second-order valence-corrected chi connectivity index (χ2v) is 6.81. The van der Waals surface area contributed by atoms with E-state index in [0.717, 1.165) is 22.0 Å². The third-order valence-corrected chi connectivity index (χ3v) is 4.95. The summed E-state index contributed by atoms with van der Waals surface area (Å²) in [6.07, 6.45) is -6.79. The Morgan fingerprint density at radius 3 is 2.39 bits per heavy atom. The summed E-state index contributed by atoms with van der Waals surface area (Å²) in [5, 5.41) is 40.5. The van der Waals surface area contributed by atoms with Gasteiger partial charge in [0, 0.05) is 16.6 Å². The van der Waals surface area contributed by atoms with E-state index < -0.39 is 37.3 Å². The molecule has 0 saturated carbocycles. The number of hydrogen-bond donors (Lipinski definition) is 6. The molecule has 7 N–H and O–H groups in total. The number of fused-ring (bicyclic) bond motifs is 1. The van der Waals surface area contributed by atoms with Crippen molar-refractivity contribution >= 4 is 16.6 Å². The minimum Gasteiger partial charge on any atom is -0.446 e. The first-order valence-corrected chi connectivity index (χ1v) is 8.93. The number of aliphatic hydroxyl groups is 4. The molecule has 2 aromatic carbocycles. The van der Waals surface area contributed by atoms with E-state index in [1.54, 1.807) is 12.1 Å². The molecule has 0 radical (unpaired) electrons. The van der Waals surface area contributed by atoms with Crippen LogP contribution in [0.1, 0.15) is 0 Å². The average molecular weight is 386 g/mol. The van der Waals surface area contributed by atoms with Gasteiger partial charge in [-0.2, -0.15) is 0 Å². The molecule has 5 atom stereocenters. The highest BCUT2D eigenvalue weighted by atomic mass is 16.7. The van der Waals surface area contributed by atoms with Crippen molar-refractivity contribution in [2.45, 2.75) is 30.7 Å². The number of aliphatic hydroxyl groups excluding tert-OH is 4. The summed E-state index contributed by atoms with van der Waals surface area (Å²) >= 11 is 0. The molecule has 3 aromatic rings. The molecule has 0 aliphatic carbocycles. The summed E-state index contributed by atoms with van der Waals surface area (Å²) in [5.74, 6) is 0.329. The number of nitrogens with two attached hydrogens (primary N) is 1. The fraction of sp³-hybridized carbons (Fsp3) is 0.300. The SMILES string of the molecule is Nc1ccc(-c2c(O[C@H]3O[C@H](CO)[C@@H](O)[C@H](O)[C@@H]3O)[nH]c3ccccc23)cc1. The van der Waals surface area contributed by atoms with Crippen molar-refractivity contribution in [3.05, 3.63) is 48.5 Å². The van der Waals surface area contributed by atoms with Crippen LogP contribution < -0.4 is 10.5 Å². The number of para-hydroxylation sites is 1. The molecule has 1 saturated heterocycles. The number of H-pyrrole nitrogens is 1. The maximum atomic E-state index is 10.3. The number of benzene rings is 2. The number of nitrogen functional groups attached to an aromatic ring is 1. The van der Waals surface area contributed by atoms with Crippen molar-refractivity contribution in [3.63, 3.8) is 0 Å². The highest BCUT2D eigenvalue weighted by Gasteiger charge is 2.45. The van der Waals surface area contributed by atoms with E-state index in [1.807, 2.05) is 36.4 Å². The van der Waals surface area contributed by atoms with Crippen LogP contribution in [0.3, 0.4) is 0 Å². The van der Waals surface area contributed by atoms with Crippen LogP contribution in [0.15, 0.2) is 48.5 Å². The number of aromatic nitrogens is 1. The molecule has 2 heterocycles. The Labute approximate surface area is 160 Å².